The van der Waals surface area contributed by atoms with Gasteiger partial charge in [0, 0.05) is 0 Å². The van der Waals surface area contributed by atoms with E-state index in [2.05, 4.69) is 4.98 Å². The van der Waals surface area contributed by atoms with Crippen molar-refractivity contribution in [3.63, 3.8) is 0 Å². The van der Waals surface area contributed by atoms with Gasteiger partial charge in [0.1, 0.15) is 5.75 Å². The third kappa shape index (κ3) is 3.43. The number of benzene rings is 1. The first-order valence-corrected chi connectivity index (χ1v) is 8.10. The van der Waals surface area contributed by atoms with Crippen LogP contribution in [0.1, 0.15) is 36.5 Å². The third-order valence-corrected chi connectivity index (χ3v) is 3.97. The van der Waals surface area contributed by atoms with E-state index < -0.39 is 5.69 Å². The molecule has 2 heterocycles. The van der Waals surface area contributed by atoms with Crippen molar-refractivity contribution in [2.75, 3.05) is 6.61 Å². The molecule has 1 aromatic heterocycles. The Labute approximate surface area is 140 Å². The Morgan fingerprint density at radius 2 is 1.88 bits per heavy atom. The zero-order valence-electron chi connectivity index (χ0n) is 14.4. The number of hydrogen-bond donors (Lipinski definition) is 1. The molecule has 24 heavy (non-hydrogen) atoms. The highest BCUT2D eigenvalue weighted by molar-refractivity contribution is 5.37. The lowest BCUT2D eigenvalue weighted by Crippen LogP contribution is -2.39. The molecule has 0 saturated carbocycles. The number of H-pyrrole nitrogens is 1. The largest absolute Gasteiger partial charge is 0.440 e. The summed E-state index contributed by atoms with van der Waals surface area (Å²) in [6, 6.07) is 5.78. The Bertz CT molecular complexity index is 855. The van der Waals surface area contributed by atoms with Crippen molar-refractivity contribution in [1.29, 1.82) is 0 Å². The summed E-state index contributed by atoms with van der Waals surface area (Å²) < 4.78 is 12.2. The molecular weight excluding hydrogens is 308 g/mol. The molecule has 1 atom stereocenters. The number of ether oxygens (including phenoxy) is 2. The number of aryl methyl sites for hydroxylation is 2. The number of rotatable bonds is 5. The molecule has 0 radical (unpaired) electrons. The van der Waals surface area contributed by atoms with E-state index in [0.717, 1.165) is 11.1 Å². The van der Waals surface area contributed by atoms with Crippen molar-refractivity contribution in [2.24, 2.45) is 0 Å². The van der Waals surface area contributed by atoms with Gasteiger partial charge in [-0.1, -0.05) is 19.9 Å². The van der Waals surface area contributed by atoms with Gasteiger partial charge in [-0.25, -0.2) is 4.79 Å². The Morgan fingerprint density at radius 1 is 1.25 bits per heavy atom. The summed E-state index contributed by atoms with van der Waals surface area (Å²) in [5.74, 6) is 0.743. The number of aromatic amines is 1. The molecule has 1 saturated heterocycles. The summed E-state index contributed by atoms with van der Waals surface area (Å²) in [6.07, 6.45) is -0.0463. The highest BCUT2D eigenvalue weighted by atomic mass is 16.6. The molecule has 1 aromatic carbocycles. The molecule has 1 N–H and O–H groups in total. The average molecular weight is 330 g/mol. The summed E-state index contributed by atoms with van der Waals surface area (Å²) in [7, 11) is 0. The van der Waals surface area contributed by atoms with Crippen LogP contribution in [0.3, 0.4) is 0 Å². The molecule has 1 aliphatic heterocycles. The number of hydrogen-bond acceptors (Lipinski definition) is 4. The van der Waals surface area contributed by atoms with Crippen LogP contribution in [-0.4, -0.2) is 22.3 Å². The average Bonchev–Trinajstić information content (AvgIpc) is 3.25. The van der Waals surface area contributed by atoms with Gasteiger partial charge in [-0.3, -0.25) is 14.3 Å². The number of aromatic nitrogens is 2. The van der Waals surface area contributed by atoms with E-state index in [1.165, 1.54) is 4.57 Å². The second-order valence-electron chi connectivity index (χ2n) is 6.62. The minimum atomic E-state index is -0.473. The van der Waals surface area contributed by atoms with E-state index in [0.29, 0.717) is 17.9 Å². The van der Waals surface area contributed by atoms with Crippen LogP contribution in [0.4, 0.5) is 0 Å². The molecule has 128 valence electrons. The minimum Gasteiger partial charge on any atom is -0.440 e. The first-order chi connectivity index (χ1) is 11.3. The molecule has 1 aliphatic rings. The molecule has 0 spiro atoms. The topological polar surface area (TPSA) is 76.6 Å². The molecule has 2 aromatic rings. The molecular formula is C18H22N2O4. The summed E-state index contributed by atoms with van der Waals surface area (Å²) in [5, 5.41) is 0. The molecule has 0 aliphatic carbocycles. The van der Waals surface area contributed by atoms with E-state index in [-0.39, 0.29) is 30.0 Å². The van der Waals surface area contributed by atoms with E-state index in [4.69, 9.17) is 9.47 Å². The number of epoxide rings is 1. The van der Waals surface area contributed by atoms with Gasteiger partial charge in [0.05, 0.1) is 24.8 Å². The van der Waals surface area contributed by atoms with E-state index in [1.807, 2.05) is 45.9 Å². The SMILES string of the molecule is Cc1cc(C)cc(Oc2[nH]c(=O)n(CC3CO3)c(=O)c2C(C)C)c1. The zero-order chi connectivity index (χ0) is 17.4. The molecule has 0 bridgehead atoms. The highest BCUT2D eigenvalue weighted by Crippen LogP contribution is 2.26. The second kappa shape index (κ2) is 6.28. The summed E-state index contributed by atoms with van der Waals surface area (Å²) in [5.41, 5.74) is 1.78. The Kier molecular flexibility index (Phi) is 4.32. The quantitative estimate of drug-likeness (QED) is 0.855. The molecule has 6 heteroatoms. The highest BCUT2D eigenvalue weighted by Gasteiger charge is 2.26. The van der Waals surface area contributed by atoms with Gasteiger partial charge in [0.15, 0.2) is 0 Å². The Hall–Kier alpha value is -2.34. The van der Waals surface area contributed by atoms with Crippen molar-refractivity contribution in [1.82, 2.24) is 9.55 Å². The fourth-order valence-electron chi connectivity index (χ4n) is 2.81. The fraction of sp³-hybridized carbons (Fsp3) is 0.444. The molecule has 3 rings (SSSR count). The maximum atomic E-state index is 12.7. The van der Waals surface area contributed by atoms with Crippen LogP contribution in [0.15, 0.2) is 27.8 Å². The van der Waals surface area contributed by atoms with Crippen LogP contribution in [0.5, 0.6) is 11.6 Å². The van der Waals surface area contributed by atoms with Crippen molar-refractivity contribution in [2.45, 2.75) is 46.3 Å². The smallest absolute Gasteiger partial charge is 0.331 e. The summed E-state index contributed by atoms with van der Waals surface area (Å²) >= 11 is 0. The number of nitrogens with zero attached hydrogens (tertiary/aromatic N) is 1. The Morgan fingerprint density at radius 3 is 2.42 bits per heavy atom. The van der Waals surface area contributed by atoms with Crippen molar-refractivity contribution >= 4 is 0 Å². The standard InChI is InChI=1S/C18H22N2O4/c1-10(2)15-16(24-13-6-11(3)5-12(4)7-13)19-18(22)20(17(15)21)8-14-9-23-14/h5-7,10,14H,8-9H2,1-4H3,(H,19,22). The molecule has 1 unspecified atom stereocenters. The van der Waals surface area contributed by atoms with Gasteiger partial charge < -0.3 is 9.47 Å². The summed E-state index contributed by atoms with van der Waals surface area (Å²) in [4.78, 5) is 27.8. The summed E-state index contributed by atoms with van der Waals surface area (Å²) in [6.45, 7) is 8.61. The van der Waals surface area contributed by atoms with Gasteiger partial charge in [-0.05, 0) is 43.0 Å². The molecule has 6 nitrogen and oxygen atoms in total. The first kappa shape index (κ1) is 16.5. The first-order valence-electron chi connectivity index (χ1n) is 8.10. The van der Waals surface area contributed by atoms with Crippen LogP contribution in [0.25, 0.3) is 0 Å². The van der Waals surface area contributed by atoms with Crippen LogP contribution in [-0.2, 0) is 11.3 Å². The van der Waals surface area contributed by atoms with Crippen molar-refractivity contribution < 1.29 is 9.47 Å². The van der Waals surface area contributed by atoms with Crippen LogP contribution in [0, 0.1) is 13.8 Å². The normalized spacial score (nSPS) is 16.5. The Balaban J connectivity index is 2.06. The van der Waals surface area contributed by atoms with Gasteiger partial charge in [0.2, 0.25) is 5.88 Å². The monoisotopic (exact) mass is 330 g/mol. The third-order valence-electron chi connectivity index (χ3n) is 3.97. The maximum absolute atomic E-state index is 12.7. The van der Waals surface area contributed by atoms with Crippen molar-refractivity contribution in [3.05, 3.63) is 55.7 Å². The van der Waals surface area contributed by atoms with Crippen LogP contribution in [0.2, 0.25) is 0 Å². The fourth-order valence-corrected chi connectivity index (χ4v) is 2.81. The second-order valence-corrected chi connectivity index (χ2v) is 6.62. The lowest BCUT2D eigenvalue weighted by atomic mass is 10.1. The zero-order valence-corrected chi connectivity index (χ0v) is 14.4. The predicted octanol–water partition coefficient (Wildman–Crippen LogP) is 2.47. The minimum absolute atomic E-state index is 0.0463. The lowest BCUT2D eigenvalue weighted by Gasteiger charge is -2.15. The van der Waals surface area contributed by atoms with E-state index >= 15 is 0 Å². The van der Waals surface area contributed by atoms with Crippen LogP contribution < -0.4 is 16.0 Å². The van der Waals surface area contributed by atoms with Gasteiger partial charge in [-0.2, -0.15) is 0 Å². The van der Waals surface area contributed by atoms with Crippen molar-refractivity contribution in [3.8, 4) is 11.6 Å². The predicted molar refractivity (Wildman–Crippen MR) is 91.1 cm³/mol. The lowest BCUT2D eigenvalue weighted by molar-refractivity contribution is 0.371. The van der Waals surface area contributed by atoms with E-state index in [1.54, 1.807) is 0 Å². The van der Waals surface area contributed by atoms with Gasteiger partial charge >= 0.3 is 5.69 Å². The number of nitrogens with one attached hydrogen (secondary N) is 1. The van der Waals surface area contributed by atoms with Crippen LogP contribution >= 0.6 is 0 Å². The molecule has 1 fully saturated rings. The molecule has 0 amide bonds. The van der Waals surface area contributed by atoms with E-state index in [9.17, 15) is 9.59 Å². The van der Waals surface area contributed by atoms with Gasteiger partial charge in [-0.15, -0.1) is 0 Å². The van der Waals surface area contributed by atoms with Gasteiger partial charge in [0.25, 0.3) is 5.56 Å². The maximum Gasteiger partial charge on any atom is 0.331 e.